The van der Waals surface area contributed by atoms with Crippen LogP contribution in [0.5, 0.6) is 0 Å². The molecule has 1 aliphatic rings. The van der Waals surface area contributed by atoms with Crippen molar-refractivity contribution in [3.8, 4) is 0 Å². The molecule has 2 N–H and O–H groups in total. The van der Waals surface area contributed by atoms with Crippen LogP contribution in [-0.2, 0) is 19.0 Å². The van der Waals surface area contributed by atoms with E-state index in [1.165, 1.54) is 0 Å². The zero-order valence-electron chi connectivity index (χ0n) is 10.8. The topological polar surface area (TPSA) is 154 Å². The highest BCUT2D eigenvalue weighted by Crippen LogP contribution is 2.32. The zero-order valence-corrected chi connectivity index (χ0v) is 11.6. The third-order valence-corrected chi connectivity index (χ3v) is 3.45. The van der Waals surface area contributed by atoms with Crippen molar-refractivity contribution in [1.82, 2.24) is 9.55 Å². The third-order valence-electron chi connectivity index (χ3n) is 2.89. The number of rotatable bonds is 5. The minimum Gasteiger partial charge on any atom is -0.387 e. The first-order chi connectivity index (χ1) is 9.70. The molecule has 1 fully saturated rings. The van der Waals surface area contributed by atoms with Gasteiger partial charge in [-0.1, -0.05) is 0 Å². The van der Waals surface area contributed by atoms with E-state index < -0.39 is 52.0 Å². The van der Waals surface area contributed by atoms with Crippen LogP contribution >= 0.6 is 0 Å². The minimum atomic E-state index is -3.75. The van der Waals surface area contributed by atoms with Crippen molar-refractivity contribution >= 4 is 15.9 Å². The molecule has 4 unspecified atom stereocenters. The third kappa shape index (κ3) is 3.36. The quantitative estimate of drug-likeness (QED) is 0.370. The summed E-state index contributed by atoms with van der Waals surface area (Å²) in [7, 11) is -3.75. The monoisotopic (exact) mass is 323 g/mol. The van der Waals surface area contributed by atoms with E-state index in [4.69, 9.17) is 4.74 Å². The maximum absolute atomic E-state index is 10.9. The van der Waals surface area contributed by atoms with Gasteiger partial charge in [0.1, 0.15) is 24.5 Å². The molecule has 0 spiro atoms. The Bertz CT molecular complexity index is 629. The molecule has 2 rings (SSSR count). The Hall–Kier alpha value is -1.60. The Morgan fingerprint density at radius 3 is 2.76 bits per heavy atom. The van der Waals surface area contributed by atoms with Gasteiger partial charge in [0.05, 0.1) is 12.9 Å². The summed E-state index contributed by atoms with van der Waals surface area (Å²) in [5.41, 5.74) is 0. The van der Waals surface area contributed by atoms with Gasteiger partial charge in [0.2, 0.25) is 6.23 Å². The highest BCUT2D eigenvalue weighted by Gasteiger charge is 2.47. The minimum absolute atomic E-state index is 0.434. The normalized spacial score (nSPS) is 29.7. The molecule has 118 valence electrons. The number of ether oxygens (including phenoxy) is 1. The highest BCUT2D eigenvalue weighted by atomic mass is 32.2. The molecule has 0 aliphatic carbocycles. The van der Waals surface area contributed by atoms with Gasteiger partial charge in [0.25, 0.3) is 10.1 Å². The van der Waals surface area contributed by atoms with Gasteiger partial charge in [-0.15, -0.1) is 0 Å². The number of imidazole rings is 1. The fourth-order valence-electron chi connectivity index (χ4n) is 1.92. The number of hydrogen-bond acceptors (Lipinski definition) is 9. The van der Waals surface area contributed by atoms with Crippen molar-refractivity contribution in [3.63, 3.8) is 0 Å². The molecular weight excluding hydrogens is 310 g/mol. The van der Waals surface area contributed by atoms with E-state index in [1.807, 2.05) is 0 Å². The standard InChI is InChI=1S/C9H13N3O8S/c1-21(17,18)19-3-5-7(13)8(14)9(20-5)11-4-10-2-6(11)12(15)16/h2,4-5,7-9,13-14H,3H2,1H3. The molecule has 1 aromatic rings. The Kier molecular flexibility index (Phi) is 4.25. The molecule has 0 saturated carbocycles. The number of aromatic nitrogens is 2. The molecule has 0 amide bonds. The van der Waals surface area contributed by atoms with Crippen molar-refractivity contribution in [2.75, 3.05) is 12.9 Å². The smallest absolute Gasteiger partial charge is 0.344 e. The molecule has 0 radical (unpaired) electrons. The summed E-state index contributed by atoms with van der Waals surface area (Å²) in [6.45, 7) is -0.518. The van der Waals surface area contributed by atoms with Gasteiger partial charge in [0, 0.05) is 0 Å². The van der Waals surface area contributed by atoms with E-state index in [2.05, 4.69) is 9.17 Å². The maximum Gasteiger partial charge on any atom is 0.344 e. The van der Waals surface area contributed by atoms with Crippen LogP contribution in [0.4, 0.5) is 5.82 Å². The molecule has 0 bridgehead atoms. The van der Waals surface area contributed by atoms with Crippen molar-refractivity contribution in [1.29, 1.82) is 0 Å². The largest absolute Gasteiger partial charge is 0.387 e. The Balaban J connectivity index is 2.16. The summed E-state index contributed by atoms with van der Waals surface area (Å²) in [6, 6.07) is 0. The number of hydrogen-bond donors (Lipinski definition) is 2. The highest BCUT2D eigenvalue weighted by molar-refractivity contribution is 7.85. The van der Waals surface area contributed by atoms with Gasteiger partial charge in [0.15, 0.2) is 6.33 Å². The molecule has 4 atom stereocenters. The lowest BCUT2D eigenvalue weighted by Crippen LogP contribution is -2.34. The van der Waals surface area contributed by atoms with Gasteiger partial charge >= 0.3 is 5.82 Å². The average molecular weight is 323 g/mol. The van der Waals surface area contributed by atoms with E-state index in [0.717, 1.165) is 23.3 Å². The fourth-order valence-corrected chi connectivity index (χ4v) is 2.30. The zero-order chi connectivity index (χ0) is 15.8. The summed E-state index contributed by atoms with van der Waals surface area (Å²) in [5, 5.41) is 30.5. The molecular formula is C9H13N3O8S. The van der Waals surface area contributed by atoms with Crippen molar-refractivity contribution < 1.29 is 32.5 Å². The van der Waals surface area contributed by atoms with Crippen LogP contribution in [0.1, 0.15) is 6.23 Å². The van der Waals surface area contributed by atoms with Crippen molar-refractivity contribution in [2.45, 2.75) is 24.5 Å². The maximum atomic E-state index is 10.9. The summed E-state index contributed by atoms with van der Waals surface area (Å²) in [4.78, 5) is 13.7. The molecule has 1 aliphatic heterocycles. The second kappa shape index (κ2) is 5.65. The van der Waals surface area contributed by atoms with Crippen LogP contribution in [0.3, 0.4) is 0 Å². The lowest BCUT2D eigenvalue weighted by Gasteiger charge is -2.12. The summed E-state index contributed by atoms with van der Waals surface area (Å²) >= 11 is 0. The molecule has 11 nitrogen and oxygen atoms in total. The van der Waals surface area contributed by atoms with Crippen molar-refractivity contribution in [3.05, 3.63) is 22.6 Å². The SMILES string of the molecule is CS(=O)(=O)OCC1OC(n2cncc2[N+](=O)[O-])C(O)C1O. The Morgan fingerprint density at radius 2 is 2.19 bits per heavy atom. The van der Waals surface area contributed by atoms with Crippen LogP contribution in [0.15, 0.2) is 12.5 Å². The van der Waals surface area contributed by atoms with E-state index in [9.17, 15) is 28.7 Å². The Labute approximate surface area is 119 Å². The van der Waals surface area contributed by atoms with Gasteiger partial charge < -0.3 is 25.1 Å². The predicted octanol–water partition coefficient (Wildman–Crippen LogP) is -1.61. The summed E-state index contributed by atoms with van der Waals surface area (Å²) in [6.07, 6.45) is -2.52. The first-order valence-corrected chi connectivity index (χ1v) is 7.54. The lowest BCUT2D eigenvalue weighted by molar-refractivity contribution is -0.394. The Morgan fingerprint density at radius 1 is 1.52 bits per heavy atom. The second-order valence-electron chi connectivity index (χ2n) is 4.45. The number of nitrogens with zero attached hydrogens (tertiary/aromatic N) is 3. The number of aliphatic hydroxyl groups is 2. The van der Waals surface area contributed by atoms with E-state index in [0.29, 0.717) is 0 Å². The molecule has 12 heteroatoms. The molecule has 21 heavy (non-hydrogen) atoms. The van der Waals surface area contributed by atoms with Crippen LogP contribution in [0, 0.1) is 10.1 Å². The van der Waals surface area contributed by atoms with E-state index in [1.54, 1.807) is 0 Å². The molecule has 2 heterocycles. The van der Waals surface area contributed by atoms with Gasteiger partial charge in [-0.3, -0.25) is 4.18 Å². The van der Waals surface area contributed by atoms with E-state index in [-0.39, 0.29) is 0 Å². The van der Waals surface area contributed by atoms with Crippen molar-refractivity contribution in [2.24, 2.45) is 0 Å². The molecule has 0 aromatic carbocycles. The summed E-state index contributed by atoms with van der Waals surface area (Å²) in [5.74, 6) is -0.434. The molecule has 1 aromatic heterocycles. The van der Waals surface area contributed by atoms with Crippen LogP contribution in [-0.4, -0.2) is 64.3 Å². The average Bonchev–Trinajstić information content (AvgIpc) is 2.94. The number of aliphatic hydroxyl groups excluding tert-OH is 2. The first kappa shape index (κ1) is 15.8. The van der Waals surface area contributed by atoms with Crippen LogP contribution in [0.25, 0.3) is 0 Å². The fraction of sp³-hybridized carbons (Fsp3) is 0.667. The van der Waals surface area contributed by atoms with Gasteiger partial charge in [-0.05, 0) is 4.92 Å². The van der Waals surface area contributed by atoms with Crippen LogP contribution < -0.4 is 0 Å². The predicted molar refractivity (Wildman–Crippen MR) is 65.6 cm³/mol. The van der Waals surface area contributed by atoms with Gasteiger partial charge in [-0.25, -0.2) is 4.98 Å². The van der Waals surface area contributed by atoms with Gasteiger partial charge in [-0.2, -0.15) is 13.0 Å². The first-order valence-electron chi connectivity index (χ1n) is 5.73. The number of nitro groups is 1. The molecule has 1 saturated heterocycles. The van der Waals surface area contributed by atoms with Crippen LogP contribution in [0.2, 0.25) is 0 Å². The summed E-state index contributed by atoms with van der Waals surface area (Å²) < 4.78 is 32.5. The lowest BCUT2D eigenvalue weighted by atomic mass is 10.1. The van der Waals surface area contributed by atoms with E-state index >= 15 is 0 Å². The second-order valence-corrected chi connectivity index (χ2v) is 6.10.